The van der Waals surface area contributed by atoms with Crippen LogP contribution in [-0.2, 0) is 0 Å². The summed E-state index contributed by atoms with van der Waals surface area (Å²) in [5.74, 6) is 0.533. The lowest BCUT2D eigenvalue weighted by molar-refractivity contribution is 0.193. The van der Waals surface area contributed by atoms with Crippen molar-refractivity contribution in [3.63, 3.8) is 0 Å². The van der Waals surface area contributed by atoms with Crippen molar-refractivity contribution in [2.24, 2.45) is 0 Å². The van der Waals surface area contributed by atoms with Gasteiger partial charge in [0.15, 0.2) is 0 Å². The minimum atomic E-state index is -0.166. The quantitative estimate of drug-likeness (QED) is 0.784. The molecule has 1 aliphatic rings. The van der Waals surface area contributed by atoms with Gasteiger partial charge in [0.1, 0.15) is 17.3 Å². The van der Waals surface area contributed by atoms with Crippen LogP contribution in [0, 0.1) is 5.82 Å². The third-order valence-corrected chi connectivity index (χ3v) is 3.58. The van der Waals surface area contributed by atoms with Crippen LogP contribution in [0.25, 0.3) is 0 Å². The van der Waals surface area contributed by atoms with E-state index in [-0.39, 0.29) is 11.9 Å². The predicted octanol–water partition coefficient (Wildman–Crippen LogP) is 3.99. The first-order valence-electron chi connectivity index (χ1n) is 6.96. The van der Waals surface area contributed by atoms with Crippen molar-refractivity contribution >= 4 is 5.69 Å². The van der Waals surface area contributed by atoms with Gasteiger partial charge in [0, 0.05) is 13.1 Å². The fourth-order valence-corrected chi connectivity index (χ4v) is 2.47. The van der Waals surface area contributed by atoms with E-state index in [1.165, 1.54) is 6.07 Å². The fourth-order valence-electron chi connectivity index (χ4n) is 2.47. The Morgan fingerprint density at radius 1 is 1.22 bits per heavy atom. The van der Waals surface area contributed by atoms with E-state index in [2.05, 4.69) is 18.7 Å². The van der Waals surface area contributed by atoms with Gasteiger partial charge in [0.25, 0.3) is 0 Å². The Balaban J connectivity index is 2.25. The molecular weight excluding hydrogens is 229 g/mol. The molecule has 2 nitrogen and oxygen atoms in total. The molecule has 1 aromatic rings. The second-order valence-corrected chi connectivity index (χ2v) is 4.84. The molecule has 1 saturated heterocycles. The van der Waals surface area contributed by atoms with E-state index >= 15 is 0 Å². The maximum atomic E-state index is 14.0. The number of halogens is 1. The molecule has 0 bridgehead atoms. The molecule has 1 heterocycles. The van der Waals surface area contributed by atoms with E-state index in [0.29, 0.717) is 11.4 Å². The highest BCUT2D eigenvalue weighted by Gasteiger charge is 2.21. The number of hydrogen-bond donors (Lipinski definition) is 0. The van der Waals surface area contributed by atoms with E-state index in [1.807, 2.05) is 6.07 Å². The molecule has 1 fully saturated rings. The molecule has 0 saturated carbocycles. The van der Waals surface area contributed by atoms with Gasteiger partial charge in [-0.05, 0) is 37.8 Å². The van der Waals surface area contributed by atoms with Gasteiger partial charge in [-0.25, -0.2) is 4.39 Å². The minimum absolute atomic E-state index is 0.166. The normalized spacial score (nSPS) is 15.4. The highest BCUT2D eigenvalue weighted by atomic mass is 19.1. The second kappa shape index (κ2) is 6.07. The Morgan fingerprint density at radius 2 is 1.89 bits per heavy atom. The molecule has 0 atom stereocenters. The van der Waals surface area contributed by atoms with E-state index in [1.54, 1.807) is 6.07 Å². The molecule has 0 N–H and O–H groups in total. The molecule has 2 rings (SSSR count). The Kier molecular flexibility index (Phi) is 4.45. The van der Waals surface area contributed by atoms with Gasteiger partial charge in [0.2, 0.25) is 0 Å². The van der Waals surface area contributed by atoms with Gasteiger partial charge in [-0.2, -0.15) is 0 Å². The van der Waals surface area contributed by atoms with Crippen molar-refractivity contribution in [2.45, 2.75) is 45.6 Å². The molecule has 0 radical (unpaired) electrons. The number of rotatable bonds is 5. The molecule has 0 aromatic heterocycles. The van der Waals surface area contributed by atoms with Crippen LogP contribution in [-0.4, -0.2) is 19.2 Å². The molecular formula is C15H22FNO. The average molecular weight is 251 g/mol. The van der Waals surface area contributed by atoms with Gasteiger partial charge in [-0.15, -0.1) is 0 Å². The predicted molar refractivity (Wildman–Crippen MR) is 72.8 cm³/mol. The summed E-state index contributed by atoms with van der Waals surface area (Å²) in [4.78, 5) is 2.10. The first-order valence-corrected chi connectivity index (χ1v) is 6.96. The highest BCUT2D eigenvalue weighted by molar-refractivity contribution is 5.60. The minimum Gasteiger partial charge on any atom is -0.488 e. The van der Waals surface area contributed by atoms with Crippen molar-refractivity contribution in [1.29, 1.82) is 0 Å². The molecule has 1 aromatic carbocycles. The van der Waals surface area contributed by atoms with Gasteiger partial charge in [0.05, 0.1) is 6.10 Å². The van der Waals surface area contributed by atoms with Crippen LogP contribution < -0.4 is 9.64 Å². The van der Waals surface area contributed by atoms with Crippen LogP contribution in [0.15, 0.2) is 18.2 Å². The monoisotopic (exact) mass is 251 g/mol. The molecule has 100 valence electrons. The first kappa shape index (κ1) is 13.2. The number of ether oxygens (including phenoxy) is 1. The number of benzene rings is 1. The summed E-state index contributed by atoms with van der Waals surface area (Å²) < 4.78 is 20.0. The number of nitrogens with zero attached hydrogens (tertiary/aromatic N) is 1. The summed E-state index contributed by atoms with van der Waals surface area (Å²) in [5.41, 5.74) is 0.655. The molecule has 18 heavy (non-hydrogen) atoms. The first-order chi connectivity index (χ1) is 8.76. The largest absolute Gasteiger partial charge is 0.488 e. The molecule has 0 unspecified atom stereocenters. The standard InChI is InChI=1S/C15H22FNO/c1-3-12(4-2)18-14-9-7-8-13(16)15(14)17-10-5-6-11-17/h7-9,12H,3-6,10-11H2,1-2H3. The molecule has 0 aliphatic carbocycles. The zero-order chi connectivity index (χ0) is 13.0. The zero-order valence-corrected chi connectivity index (χ0v) is 11.3. The van der Waals surface area contributed by atoms with Crippen LogP contribution in [0.1, 0.15) is 39.5 Å². The highest BCUT2D eigenvalue weighted by Crippen LogP contribution is 2.34. The lowest BCUT2D eigenvalue weighted by Crippen LogP contribution is -2.22. The summed E-state index contributed by atoms with van der Waals surface area (Å²) in [6.07, 6.45) is 4.35. The van der Waals surface area contributed by atoms with E-state index in [4.69, 9.17) is 4.74 Å². The number of para-hydroxylation sites is 1. The number of hydrogen-bond acceptors (Lipinski definition) is 2. The maximum absolute atomic E-state index is 14.0. The molecule has 3 heteroatoms. The lowest BCUT2D eigenvalue weighted by atomic mass is 10.2. The van der Waals surface area contributed by atoms with Crippen LogP contribution in [0.4, 0.5) is 10.1 Å². The van der Waals surface area contributed by atoms with Gasteiger partial charge < -0.3 is 9.64 Å². The van der Waals surface area contributed by atoms with Crippen molar-refractivity contribution in [3.8, 4) is 5.75 Å². The summed E-state index contributed by atoms with van der Waals surface area (Å²) in [6, 6.07) is 5.13. The van der Waals surface area contributed by atoms with Crippen molar-refractivity contribution in [1.82, 2.24) is 0 Å². The van der Waals surface area contributed by atoms with Crippen molar-refractivity contribution < 1.29 is 9.13 Å². The third-order valence-electron chi connectivity index (χ3n) is 3.58. The van der Waals surface area contributed by atoms with Gasteiger partial charge in [-0.3, -0.25) is 0 Å². The van der Waals surface area contributed by atoms with Crippen molar-refractivity contribution in [3.05, 3.63) is 24.0 Å². The van der Waals surface area contributed by atoms with E-state index in [0.717, 1.165) is 38.8 Å². The van der Waals surface area contributed by atoms with Crippen LogP contribution in [0.5, 0.6) is 5.75 Å². The van der Waals surface area contributed by atoms with Gasteiger partial charge >= 0.3 is 0 Å². The topological polar surface area (TPSA) is 12.5 Å². The van der Waals surface area contributed by atoms with Crippen LogP contribution in [0.3, 0.4) is 0 Å². The summed E-state index contributed by atoms with van der Waals surface area (Å²) in [6.45, 7) is 6.06. The Labute approximate surface area is 109 Å². The third kappa shape index (κ3) is 2.77. The Hall–Kier alpha value is -1.25. The van der Waals surface area contributed by atoms with Crippen molar-refractivity contribution in [2.75, 3.05) is 18.0 Å². The van der Waals surface area contributed by atoms with E-state index in [9.17, 15) is 4.39 Å². The summed E-state index contributed by atoms with van der Waals surface area (Å²) >= 11 is 0. The smallest absolute Gasteiger partial charge is 0.150 e. The fraction of sp³-hybridized carbons (Fsp3) is 0.600. The average Bonchev–Trinajstić information content (AvgIpc) is 2.89. The Morgan fingerprint density at radius 3 is 2.50 bits per heavy atom. The van der Waals surface area contributed by atoms with Crippen LogP contribution >= 0.6 is 0 Å². The lowest BCUT2D eigenvalue weighted by Gasteiger charge is -2.24. The van der Waals surface area contributed by atoms with Gasteiger partial charge in [-0.1, -0.05) is 19.9 Å². The Bertz CT molecular complexity index is 384. The maximum Gasteiger partial charge on any atom is 0.150 e. The SMILES string of the molecule is CCC(CC)Oc1cccc(F)c1N1CCCC1. The summed E-state index contributed by atoms with van der Waals surface area (Å²) in [5, 5.41) is 0. The summed E-state index contributed by atoms with van der Waals surface area (Å²) in [7, 11) is 0. The van der Waals surface area contributed by atoms with Crippen LogP contribution in [0.2, 0.25) is 0 Å². The van der Waals surface area contributed by atoms with E-state index < -0.39 is 0 Å². The molecule has 1 aliphatic heterocycles. The number of anilines is 1. The molecule has 0 amide bonds. The second-order valence-electron chi connectivity index (χ2n) is 4.84. The molecule has 0 spiro atoms. The zero-order valence-electron chi connectivity index (χ0n) is 11.3.